The first-order valence-corrected chi connectivity index (χ1v) is 7.46. The second-order valence-electron chi connectivity index (χ2n) is 4.10. The van der Waals surface area contributed by atoms with Crippen LogP contribution in [0, 0.1) is 0 Å². The van der Waals surface area contributed by atoms with Gasteiger partial charge in [0.1, 0.15) is 12.4 Å². The molecule has 0 bridgehead atoms. The third-order valence-corrected chi connectivity index (χ3v) is 3.38. The van der Waals surface area contributed by atoms with E-state index in [2.05, 4.69) is 9.97 Å². The first-order valence-electron chi connectivity index (χ1n) is 5.66. The molecule has 0 aliphatic rings. The van der Waals surface area contributed by atoms with E-state index >= 15 is 0 Å². The maximum atomic E-state index is 11.4. The van der Waals surface area contributed by atoms with Gasteiger partial charge in [-0.3, -0.25) is 23.9 Å². The number of nitrogens with zero attached hydrogens (tertiary/aromatic N) is 2. The molecule has 0 amide bonds. The fourth-order valence-corrected chi connectivity index (χ4v) is 2.16. The van der Waals surface area contributed by atoms with Crippen molar-refractivity contribution >= 4 is 18.8 Å². The fraction of sp³-hybridized carbons (Fsp3) is 0.444. The highest BCUT2D eigenvalue weighted by molar-refractivity contribution is 7.51. The zero-order valence-electron chi connectivity index (χ0n) is 10.3. The summed E-state index contributed by atoms with van der Waals surface area (Å²) in [4.78, 5) is 48.2. The summed E-state index contributed by atoms with van der Waals surface area (Å²) < 4.78 is 17.2. The van der Waals surface area contributed by atoms with Crippen molar-refractivity contribution in [3.8, 4) is 0 Å². The molecular formula is C9H13N4O6P. The lowest BCUT2D eigenvalue weighted by molar-refractivity contribution is 0.0794. The van der Waals surface area contributed by atoms with Crippen LogP contribution >= 0.6 is 7.60 Å². The minimum atomic E-state index is -4.01. The van der Waals surface area contributed by atoms with Crippen LogP contribution in [0.2, 0.25) is 0 Å². The Hall–Kier alpha value is -1.74. The summed E-state index contributed by atoms with van der Waals surface area (Å²) in [6.45, 7) is 0.148. The highest BCUT2D eigenvalue weighted by Gasteiger charge is 2.12. The van der Waals surface area contributed by atoms with Crippen molar-refractivity contribution in [1.29, 1.82) is 0 Å². The van der Waals surface area contributed by atoms with Crippen LogP contribution in [0.1, 0.15) is 6.42 Å². The molecule has 0 fully saturated rings. The molecule has 2 heterocycles. The Morgan fingerprint density at radius 1 is 1.35 bits per heavy atom. The molecule has 2 rings (SSSR count). The Kier molecular flexibility index (Phi) is 4.19. The lowest BCUT2D eigenvalue weighted by Crippen LogP contribution is -2.22. The summed E-state index contributed by atoms with van der Waals surface area (Å²) in [6, 6.07) is 0. The van der Waals surface area contributed by atoms with Crippen molar-refractivity contribution in [2.45, 2.75) is 13.2 Å². The maximum Gasteiger partial charge on any atom is 0.327 e. The molecule has 10 nitrogen and oxygen atoms in total. The van der Waals surface area contributed by atoms with Crippen LogP contribution in [0.25, 0.3) is 11.2 Å². The van der Waals surface area contributed by atoms with Gasteiger partial charge in [-0.2, -0.15) is 0 Å². The molecule has 2 aromatic rings. The van der Waals surface area contributed by atoms with Gasteiger partial charge in [-0.25, -0.2) is 9.78 Å². The molecular weight excluding hydrogens is 291 g/mol. The number of nitrogens with one attached hydrogen (secondary N) is 2. The monoisotopic (exact) mass is 304 g/mol. The Labute approximate surface area is 111 Å². The Bertz CT molecular complexity index is 756. The number of imidazole rings is 1. The molecule has 0 atom stereocenters. The fourth-order valence-electron chi connectivity index (χ4n) is 1.61. The van der Waals surface area contributed by atoms with E-state index in [0.717, 1.165) is 0 Å². The molecule has 0 aromatic carbocycles. The van der Waals surface area contributed by atoms with Crippen molar-refractivity contribution in [2.75, 3.05) is 12.8 Å². The quantitative estimate of drug-likeness (QED) is 0.393. The van der Waals surface area contributed by atoms with Crippen LogP contribution in [-0.2, 0) is 16.0 Å². The number of aromatic amines is 2. The minimum absolute atomic E-state index is 0.0110. The van der Waals surface area contributed by atoms with Crippen molar-refractivity contribution in [1.82, 2.24) is 19.5 Å². The van der Waals surface area contributed by atoms with Gasteiger partial charge in [0.15, 0.2) is 5.52 Å². The summed E-state index contributed by atoms with van der Waals surface area (Å²) in [5, 5.41) is 0. The molecule has 20 heavy (non-hydrogen) atoms. The number of ether oxygens (including phenoxy) is 1. The molecule has 0 saturated carbocycles. The van der Waals surface area contributed by atoms with Crippen LogP contribution < -0.4 is 11.2 Å². The lowest BCUT2D eigenvalue weighted by Gasteiger charge is -2.06. The van der Waals surface area contributed by atoms with Gasteiger partial charge in [0, 0.05) is 6.61 Å². The van der Waals surface area contributed by atoms with Crippen molar-refractivity contribution in [2.24, 2.45) is 0 Å². The van der Waals surface area contributed by atoms with E-state index in [1.165, 1.54) is 10.9 Å². The van der Waals surface area contributed by atoms with Gasteiger partial charge in [-0.15, -0.1) is 0 Å². The number of hydrogen-bond donors (Lipinski definition) is 4. The second kappa shape index (κ2) is 5.71. The predicted octanol–water partition coefficient (Wildman–Crippen LogP) is -1.05. The Morgan fingerprint density at radius 2 is 2.10 bits per heavy atom. The average Bonchev–Trinajstić information content (AvgIpc) is 2.70. The van der Waals surface area contributed by atoms with Crippen molar-refractivity contribution < 1.29 is 19.1 Å². The number of aromatic nitrogens is 4. The first-order chi connectivity index (χ1) is 9.37. The summed E-state index contributed by atoms with van der Waals surface area (Å²) in [5.41, 5.74) is -0.924. The van der Waals surface area contributed by atoms with Crippen LogP contribution in [0.5, 0.6) is 0 Å². The SMILES string of the molecule is O=c1[nH]c(=O)c2ncn(COCCCP(=O)(O)O)c2[nH]1. The van der Waals surface area contributed by atoms with Crippen LogP contribution in [-0.4, -0.2) is 42.1 Å². The summed E-state index contributed by atoms with van der Waals surface area (Å²) >= 11 is 0. The topological polar surface area (TPSA) is 150 Å². The third kappa shape index (κ3) is 3.64. The summed E-state index contributed by atoms with van der Waals surface area (Å²) in [6.07, 6.45) is 1.28. The third-order valence-electron chi connectivity index (χ3n) is 2.48. The van der Waals surface area contributed by atoms with Gasteiger partial charge in [0.05, 0.1) is 12.5 Å². The molecule has 110 valence electrons. The average molecular weight is 304 g/mol. The van der Waals surface area contributed by atoms with E-state index in [1.807, 2.05) is 4.98 Å². The highest BCUT2D eigenvalue weighted by atomic mass is 31.2. The standard InChI is InChI=1S/C9H13N4O6P/c14-8-6-7(11-9(15)12-8)13(4-10-6)5-19-2-1-3-20(16,17)18/h4H,1-3,5H2,(H2,16,17,18)(H2,11,12,14,15). The second-order valence-corrected chi connectivity index (χ2v) is 5.88. The molecule has 0 aliphatic carbocycles. The van der Waals surface area contributed by atoms with Gasteiger partial charge >= 0.3 is 13.3 Å². The molecule has 11 heteroatoms. The van der Waals surface area contributed by atoms with E-state index < -0.39 is 18.8 Å². The normalized spacial score (nSPS) is 12.1. The van der Waals surface area contributed by atoms with E-state index in [1.54, 1.807) is 0 Å². The largest absolute Gasteiger partial charge is 0.361 e. The number of fused-ring (bicyclic) bond motifs is 1. The van der Waals surface area contributed by atoms with Gasteiger partial charge in [0.2, 0.25) is 0 Å². The van der Waals surface area contributed by atoms with E-state index in [9.17, 15) is 14.2 Å². The number of H-pyrrole nitrogens is 2. The van der Waals surface area contributed by atoms with E-state index in [0.29, 0.717) is 0 Å². The Morgan fingerprint density at radius 3 is 2.80 bits per heavy atom. The maximum absolute atomic E-state index is 11.4. The molecule has 0 spiro atoms. The molecule has 0 aliphatic heterocycles. The highest BCUT2D eigenvalue weighted by Crippen LogP contribution is 2.34. The van der Waals surface area contributed by atoms with E-state index in [-0.39, 0.29) is 37.1 Å². The zero-order valence-corrected chi connectivity index (χ0v) is 11.2. The zero-order chi connectivity index (χ0) is 14.8. The first kappa shape index (κ1) is 14.7. The van der Waals surface area contributed by atoms with Crippen LogP contribution in [0.3, 0.4) is 0 Å². The van der Waals surface area contributed by atoms with Crippen LogP contribution in [0.4, 0.5) is 0 Å². The molecule has 0 saturated heterocycles. The summed E-state index contributed by atoms with van der Waals surface area (Å²) in [7, 11) is -4.01. The smallest absolute Gasteiger partial charge is 0.327 e. The van der Waals surface area contributed by atoms with Gasteiger partial charge in [0.25, 0.3) is 5.56 Å². The van der Waals surface area contributed by atoms with Crippen molar-refractivity contribution in [3.63, 3.8) is 0 Å². The predicted molar refractivity (Wildman–Crippen MR) is 68.5 cm³/mol. The van der Waals surface area contributed by atoms with Gasteiger partial charge in [-0.1, -0.05) is 0 Å². The summed E-state index contributed by atoms with van der Waals surface area (Å²) in [5.74, 6) is 0. The van der Waals surface area contributed by atoms with Crippen LogP contribution in [0.15, 0.2) is 15.9 Å². The Balaban J connectivity index is 1.99. The van der Waals surface area contributed by atoms with Gasteiger partial charge < -0.3 is 14.5 Å². The number of hydrogen-bond acceptors (Lipinski definition) is 5. The molecule has 0 radical (unpaired) electrons. The number of rotatable bonds is 6. The minimum Gasteiger partial charge on any atom is -0.361 e. The molecule has 0 unspecified atom stereocenters. The molecule has 4 N–H and O–H groups in total. The molecule has 2 aromatic heterocycles. The lowest BCUT2D eigenvalue weighted by atomic mass is 10.5. The van der Waals surface area contributed by atoms with E-state index in [4.69, 9.17) is 14.5 Å². The van der Waals surface area contributed by atoms with Crippen molar-refractivity contribution in [3.05, 3.63) is 27.2 Å². The van der Waals surface area contributed by atoms with Gasteiger partial charge in [-0.05, 0) is 6.42 Å².